The maximum absolute atomic E-state index is 16.0. The summed E-state index contributed by atoms with van der Waals surface area (Å²) in [7, 11) is 0. The molecule has 0 aliphatic heterocycles. The van der Waals surface area contributed by atoms with E-state index in [1.54, 1.807) is 24.7 Å². The fraction of sp³-hybridized carbons (Fsp3) is 0.115. The number of halogens is 1. The summed E-state index contributed by atoms with van der Waals surface area (Å²) in [6.07, 6.45) is 11.4. The topological polar surface area (TPSA) is 138 Å². The molecule has 1 aliphatic carbocycles. The molecule has 0 saturated heterocycles. The number of rotatable bonds is 5. The molecule has 0 radical (unpaired) electrons. The summed E-state index contributed by atoms with van der Waals surface area (Å²) in [6.45, 7) is 0. The average molecular weight is 491 g/mol. The third-order valence-corrected chi connectivity index (χ3v) is 6.35. The van der Waals surface area contributed by atoms with E-state index in [0.29, 0.717) is 39.5 Å². The largest absolute Gasteiger partial charge is 0.336 e. The van der Waals surface area contributed by atoms with Crippen LogP contribution in [-0.2, 0) is 4.79 Å². The molecule has 6 aromatic heterocycles. The molecule has 10 nitrogen and oxygen atoms in total. The van der Waals surface area contributed by atoms with Gasteiger partial charge in [0.25, 0.3) is 0 Å². The molecule has 0 atom stereocenters. The Balaban J connectivity index is 1.32. The van der Waals surface area contributed by atoms with E-state index in [1.807, 2.05) is 18.2 Å². The molecule has 0 aromatic carbocycles. The van der Waals surface area contributed by atoms with Gasteiger partial charge in [0.2, 0.25) is 5.91 Å². The Labute approximate surface area is 208 Å². The van der Waals surface area contributed by atoms with Crippen LogP contribution in [0.3, 0.4) is 0 Å². The Morgan fingerprint density at radius 3 is 2.62 bits per heavy atom. The lowest BCUT2D eigenvalue weighted by Crippen LogP contribution is -2.13. The number of aromatic amines is 2. The van der Waals surface area contributed by atoms with E-state index in [9.17, 15) is 4.79 Å². The number of fused-ring (bicyclic) bond motifs is 2. The fourth-order valence-corrected chi connectivity index (χ4v) is 4.34. The summed E-state index contributed by atoms with van der Waals surface area (Å²) in [4.78, 5) is 37.2. The molecule has 1 fully saturated rings. The van der Waals surface area contributed by atoms with Crippen molar-refractivity contribution in [3.63, 3.8) is 0 Å². The van der Waals surface area contributed by atoms with Crippen molar-refractivity contribution in [2.75, 3.05) is 5.32 Å². The molecule has 180 valence electrons. The maximum Gasteiger partial charge on any atom is 0.227 e. The van der Waals surface area contributed by atoms with E-state index in [0.717, 1.165) is 23.9 Å². The van der Waals surface area contributed by atoms with Gasteiger partial charge in [-0.05, 0) is 37.1 Å². The van der Waals surface area contributed by atoms with Gasteiger partial charge in [0.1, 0.15) is 16.9 Å². The molecule has 6 aromatic rings. The van der Waals surface area contributed by atoms with Gasteiger partial charge in [-0.25, -0.2) is 9.37 Å². The highest BCUT2D eigenvalue weighted by molar-refractivity contribution is 5.98. The number of carbonyl (C=O) groups excluding carboxylic acids is 1. The first-order valence-corrected chi connectivity index (χ1v) is 11.7. The molecular formula is C26H18FN9O. The molecule has 3 N–H and O–H groups in total. The maximum atomic E-state index is 16.0. The van der Waals surface area contributed by atoms with Gasteiger partial charge in [-0.1, -0.05) is 0 Å². The lowest BCUT2D eigenvalue weighted by molar-refractivity contribution is -0.117. The summed E-state index contributed by atoms with van der Waals surface area (Å²) >= 11 is 0. The van der Waals surface area contributed by atoms with Gasteiger partial charge in [0.05, 0.1) is 40.2 Å². The first-order valence-electron chi connectivity index (χ1n) is 11.7. The highest BCUT2D eigenvalue weighted by atomic mass is 19.1. The number of aromatic nitrogens is 8. The van der Waals surface area contributed by atoms with Gasteiger partial charge in [0, 0.05) is 41.8 Å². The van der Waals surface area contributed by atoms with Crippen molar-refractivity contribution in [2.45, 2.75) is 12.8 Å². The van der Waals surface area contributed by atoms with Gasteiger partial charge in [-0.3, -0.25) is 29.8 Å². The minimum atomic E-state index is -0.568. The lowest BCUT2D eigenvalue weighted by atomic mass is 10.1. The van der Waals surface area contributed by atoms with Gasteiger partial charge in [0.15, 0.2) is 11.6 Å². The van der Waals surface area contributed by atoms with E-state index in [4.69, 9.17) is 4.98 Å². The van der Waals surface area contributed by atoms with Crippen molar-refractivity contribution >= 4 is 33.5 Å². The van der Waals surface area contributed by atoms with Crippen LogP contribution in [0.25, 0.3) is 56.0 Å². The summed E-state index contributed by atoms with van der Waals surface area (Å²) in [5.74, 6) is -0.183. The van der Waals surface area contributed by atoms with E-state index in [1.165, 1.54) is 18.6 Å². The van der Waals surface area contributed by atoms with Crippen LogP contribution in [0.4, 0.5) is 10.1 Å². The second-order valence-corrected chi connectivity index (χ2v) is 8.88. The first-order chi connectivity index (χ1) is 18.2. The van der Waals surface area contributed by atoms with Crippen molar-refractivity contribution in [3.05, 3.63) is 67.3 Å². The van der Waals surface area contributed by atoms with Crippen LogP contribution in [0, 0.1) is 11.7 Å². The molecule has 1 saturated carbocycles. The standard InChI is InChI=1S/C26H18FN9O/c27-20-19-18(12-31-21(20)15-9-16(11-29-10-15)32-26(37)14-1-2-14)35-36-24(19)25-33-17-5-8-30-22(23(17)34-25)13-3-6-28-7-4-13/h3-12,14H,1-2H2,(H,32,37)(H,33,34)(H,35,36). The van der Waals surface area contributed by atoms with Crippen molar-refractivity contribution in [1.29, 1.82) is 0 Å². The molecular weight excluding hydrogens is 473 g/mol. The number of carbonyl (C=O) groups is 1. The van der Waals surface area contributed by atoms with Gasteiger partial charge in [-0.2, -0.15) is 5.10 Å². The molecule has 0 unspecified atom stereocenters. The summed E-state index contributed by atoms with van der Waals surface area (Å²) < 4.78 is 16.0. The Kier molecular flexibility index (Phi) is 4.74. The van der Waals surface area contributed by atoms with Crippen molar-refractivity contribution in [3.8, 4) is 34.0 Å². The Morgan fingerprint density at radius 2 is 1.78 bits per heavy atom. The zero-order valence-corrected chi connectivity index (χ0v) is 19.2. The molecule has 7 rings (SSSR count). The number of H-pyrrole nitrogens is 2. The number of amides is 1. The minimum Gasteiger partial charge on any atom is -0.336 e. The van der Waals surface area contributed by atoms with Gasteiger partial charge >= 0.3 is 0 Å². The summed E-state index contributed by atoms with van der Waals surface area (Å²) in [5, 5.41) is 10.3. The zero-order valence-electron chi connectivity index (χ0n) is 19.2. The minimum absolute atomic E-state index is 0.0430. The van der Waals surface area contributed by atoms with E-state index < -0.39 is 5.82 Å². The van der Waals surface area contributed by atoms with E-state index in [-0.39, 0.29) is 22.9 Å². The number of hydrogen-bond donors (Lipinski definition) is 3. The number of anilines is 1. The molecule has 1 aliphatic rings. The Hall–Kier alpha value is -5.06. The second-order valence-electron chi connectivity index (χ2n) is 8.88. The normalized spacial score (nSPS) is 13.3. The summed E-state index contributed by atoms with van der Waals surface area (Å²) in [6, 6.07) is 7.18. The van der Waals surface area contributed by atoms with Crippen LogP contribution in [0.15, 0.2) is 61.4 Å². The number of hydrogen-bond acceptors (Lipinski definition) is 7. The predicted molar refractivity (Wildman–Crippen MR) is 135 cm³/mol. The van der Waals surface area contributed by atoms with Crippen molar-refractivity contribution in [1.82, 2.24) is 40.1 Å². The first kappa shape index (κ1) is 21.2. The highest BCUT2D eigenvalue weighted by Crippen LogP contribution is 2.35. The molecule has 6 heterocycles. The number of nitrogens with zero attached hydrogens (tertiary/aromatic N) is 6. The van der Waals surface area contributed by atoms with Crippen LogP contribution >= 0.6 is 0 Å². The molecule has 11 heteroatoms. The van der Waals surface area contributed by atoms with E-state index >= 15 is 4.39 Å². The monoisotopic (exact) mass is 491 g/mol. The van der Waals surface area contributed by atoms with Gasteiger partial charge in [-0.15, -0.1) is 0 Å². The smallest absolute Gasteiger partial charge is 0.227 e. The van der Waals surface area contributed by atoms with Crippen LogP contribution in [0.2, 0.25) is 0 Å². The van der Waals surface area contributed by atoms with E-state index in [2.05, 4.69) is 40.4 Å². The van der Waals surface area contributed by atoms with Crippen LogP contribution < -0.4 is 5.32 Å². The Morgan fingerprint density at radius 1 is 0.919 bits per heavy atom. The number of nitrogens with one attached hydrogen (secondary N) is 3. The molecule has 1 amide bonds. The lowest BCUT2D eigenvalue weighted by Gasteiger charge is -2.07. The molecule has 0 bridgehead atoms. The SMILES string of the molecule is O=C(Nc1cncc(-c2ncc3[nH]nc(-c4nc5c(-c6ccncc6)nccc5[nH]4)c3c2F)c1)C1CC1. The highest BCUT2D eigenvalue weighted by Gasteiger charge is 2.29. The zero-order chi connectivity index (χ0) is 24.9. The second kappa shape index (κ2) is 8.26. The third kappa shape index (κ3) is 3.68. The van der Waals surface area contributed by atoms with Crippen molar-refractivity contribution in [2.24, 2.45) is 5.92 Å². The average Bonchev–Trinajstić information content (AvgIpc) is 3.54. The fourth-order valence-electron chi connectivity index (χ4n) is 4.34. The molecule has 37 heavy (non-hydrogen) atoms. The summed E-state index contributed by atoms with van der Waals surface area (Å²) in [5.41, 5.74) is 4.70. The predicted octanol–water partition coefficient (Wildman–Crippen LogP) is 4.51. The number of imidazole rings is 1. The number of pyridine rings is 4. The quantitative estimate of drug-likeness (QED) is 0.323. The van der Waals surface area contributed by atoms with Crippen LogP contribution in [0.5, 0.6) is 0 Å². The molecule has 0 spiro atoms. The van der Waals surface area contributed by atoms with Crippen molar-refractivity contribution < 1.29 is 9.18 Å². The Bertz CT molecular complexity index is 1810. The van der Waals surface area contributed by atoms with Gasteiger partial charge < -0.3 is 10.3 Å². The van der Waals surface area contributed by atoms with Crippen LogP contribution in [-0.4, -0.2) is 46.0 Å². The third-order valence-electron chi connectivity index (χ3n) is 6.35. The van der Waals surface area contributed by atoms with Crippen LogP contribution in [0.1, 0.15) is 12.8 Å².